The van der Waals surface area contributed by atoms with Crippen LogP contribution in [0.15, 0.2) is 97.3 Å². The average molecular weight is 905 g/mol. The lowest BCUT2D eigenvalue weighted by Crippen LogP contribution is -2.52. The second kappa shape index (κ2) is 21.1. The maximum atomic E-state index is 14.5. The lowest BCUT2D eigenvalue weighted by molar-refractivity contribution is -0.128. The summed E-state index contributed by atoms with van der Waals surface area (Å²) in [6, 6.07) is 22.3. The summed E-state index contributed by atoms with van der Waals surface area (Å²) in [7, 11) is 4.14. The van der Waals surface area contributed by atoms with E-state index in [-0.39, 0.29) is 108 Å². The number of methoxy groups -OCH3 is 1. The van der Waals surface area contributed by atoms with Gasteiger partial charge >= 0.3 is 5.97 Å². The molecule has 0 radical (unpaired) electrons. The van der Waals surface area contributed by atoms with Gasteiger partial charge in [-0.2, -0.15) is 0 Å². The van der Waals surface area contributed by atoms with E-state index in [1.165, 1.54) is 55.5 Å². The molecule has 2 aliphatic heterocycles. The summed E-state index contributed by atoms with van der Waals surface area (Å²) < 4.78 is 33.7. The number of nitrogens with one attached hydrogen (secondary N) is 3. The van der Waals surface area contributed by atoms with Crippen molar-refractivity contribution in [2.24, 2.45) is 5.73 Å². The Kier molecular flexibility index (Phi) is 15.1. The number of ketones is 2. The van der Waals surface area contributed by atoms with Gasteiger partial charge in [0.2, 0.25) is 0 Å². The number of carbonyl (C=O) groups is 8. The van der Waals surface area contributed by atoms with Gasteiger partial charge in [0.05, 0.1) is 40.4 Å². The largest absolute Gasteiger partial charge is 0.465 e. The third-order valence-corrected chi connectivity index (χ3v) is 11.1. The van der Waals surface area contributed by atoms with E-state index in [9.17, 15) is 47.1 Å². The maximum Gasteiger partial charge on any atom is 0.339 e. The molecule has 0 aliphatic carbocycles. The molecule has 2 aliphatic rings. The highest BCUT2D eigenvalue weighted by Gasteiger charge is 2.33. The minimum atomic E-state index is -0.889. The Morgan fingerprint density at radius 2 is 0.894 bits per heavy atom. The summed E-state index contributed by atoms with van der Waals surface area (Å²) >= 11 is 0. The number of fused-ring (bicyclic) bond motifs is 2. The number of hydrogen-bond donors (Lipinski definition) is 4. The molecule has 0 spiro atoms. The summed E-state index contributed by atoms with van der Waals surface area (Å²) in [6.45, 7) is 1.88. The van der Waals surface area contributed by atoms with Crippen molar-refractivity contribution >= 4 is 68.9 Å². The molecule has 5 N–H and O–H groups in total. The molecule has 17 nitrogen and oxygen atoms in total. The molecule has 4 heterocycles. The van der Waals surface area contributed by atoms with Gasteiger partial charge in [0, 0.05) is 93.7 Å². The van der Waals surface area contributed by atoms with E-state index in [4.69, 9.17) is 0 Å². The fraction of sp³-hybridized carbons (Fsp3) is 0.234. The smallest absolute Gasteiger partial charge is 0.339 e. The van der Waals surface area contributed by atoms with E-state index in [1.54, 1.807) is 58.3 Å². The fourth-order valence-electron chi connectivity index (χ4n) is 7.65. The van der Waals surface area contributed by atoms with Crippen LogP contribution in [0.4, 0.5) is 8.78 Å². The van der Waals surface area contributed by atoms with Gasteiger partial charge in [0.1, 0.15) is 11.6 Å². The number of hydrogen-bond acceptors (Lipinski definition) is 10. The predicted molar refractivity (Wildman–Crippen MR) is 238 cm³/mol. The number of Topliss-reactive ketones (excluding diaryl/α,β-unsaturated/α-hetero) is 2. The molecular weight excluding hydrogens is 859 g/mol. The number of rotatable bonds is 8. The van der Waals surface area contributed by atoms with Crippen LogP contribution >= 0.6 is 0 Å². The highest BCUT2D eigenvalue weighted by atomic mass is 19.1. The van der Waals surface area contributed by atoms with Crippen molar-refractivity contribution in [1.82, 2.24) is 34.9 Å². The number of H-pyrrole nitrogens is 2. The molecular formula is C47H46F2N8O9. The van der Waals surface area contributed by atoms with Crippen LogP contribution in [0.25, 0.3) is 21.8 Å². The predicted octanol–water partition coefficient (Wildman–Crippen LogP) is 3.67. The third-order valence-electron chi connectivity index (χ3n) is 11.1. The topological polar surface area (TPSA) is 228 Å². The number of ether oxygens (including phenoxy) is 1. The summed E-state index contributed by atoms with van der Waals surface area (Å²) in [5, 5.41) is 2.23. The second-order valence-electron chi connectivity index (χ2n) is 14.7. The minimum Gasteiger partial charge on any atom is -0.465 e. The van der Waals surface area contributed by atoms with Crippen LogP contribution in [-0.2, 0) is 14.3 Å². The van der Waals surface area contributed by atoms with Crippen molar-refractivity contribution < 1.29 is 51.9 Å². The average Bonchev–Trinajstić information content (AvgIpc) is 4.04. The molecule has 342 valence electrons. The number of aromatic nitrogens is 2. The Balaban J connectivity index is 0.000000210. The zero-order valence-corrected chi connectivity index (χ0v) is 36.2. The van der Waals surface area contributed by atoms with Crippen LogP contribution in [0.1, 0.15) is 62.1 Å². The first kappa shape index (κ1) is 47.4. The van der Waals surface area contributed by atoms with Gasteiger partial charge in [-0.3, -0.25) is 33.6 Å². The Bertz CT molecular complexity index is 2620. The maximum absolute atomic E-state index is 14.5. The van der Waals surface area contributed by atoms with E-state index < -0.39 is 46.9 Å². The minimum absolute atomic E-state index is 0.0587. The van der Waals surface area contributed by atoms with Gasteiger partial charge in [-0.05, 0) is 55.6 Å². The first-order valence-corrected chi connectivity index (χ1v) is 20.7. The number of benzene rings is 4. The van der Waals surface area contributed by atoms with Crippen LogP contribution < -0.4 is 11.1 Å². The van der Waals surface area contributed by atoms with Gasteiger partial charge in [0.15, 0.2) is 0 Å². The molecule has 0 bridgehead atoms. The monoisotopic (exact) mass is 904 g/mol. The summed E-state index contributed by atoms with van der Waals surface area (Å²) in [5.41, 5.74) is 5.80. The Hall–Kier alpha value is -8.06. The van der Waals surface area contributed by atoms with E-state index >= 15 is 0 Å². The van der Waals surface area contributed by atoms with Gasteiger partial charge in [-0.1, -0.05) is 36.4 Å². The molecule has 2 saturated heterocycles. The summed E-state index contributed by atoms with van der Waals surface area (Å²) in [5.74, 6) is -6.17. The summed E-state index contributed by atoms with van der Waals surface area (Å²) in [4.78, 5) is 112. The fourth-order valence-corrected chi connectivity index (χ4v) is 7.65. The molecule has 2 fully saturated rings. The van der Waals surface area contributed by atoms with Crippen molar-refractivity contribution in [3.8, 4) is 0 Å². The van der Waals surface area contributed by atoms with E-state index in [0.717, 1.165) is 12.1 Å². The molecule has 5 amide bonds. The summed E-state index contributed by atoms with van der Waals surface area (Å²) in [6.07, 6.45) is 2.46. The molecule has 2 aromatic heterocycles. The van der Waals surface area contributed by atoms with Gasteiger partial charge in [-0.25, -0.2) is 13.6 Å². The molecule has 8 rings (SSSR count). The van der Waals surface area contributed by atoms with Gasteiger partial charge < -0.3 is 45.4 Å². The van der Waals surface area contributed by atoms with Crippen molar-refractivity contribution in [2.75, 3.05) is 73.6 Å². The number of aromatic amines is 2. The van der Waals surface area contributed by atoms with Crippen LogP contribution in [0.5, 0.6) is 0 Å². The standard InChI is InChI=1S/C23H21FN4O4.C23H20FN3O5.CH5N/c1-25-21(30)15-7-8-17(24)18-16(13-26-19(15)18)20(29)23(32)28-11-9-27(10-12-28)22(31)14-5-3-2-4-6-14;1-32-23(31)15-7-8-17(24)18-16(13-25-19(15)18)20(28)22(30)27-11-9-26(10-12-27)21(29)14-5-3-2-4-6-14;1-2/h2-8,13,26H,9-12H2,1H3,(H,25,30);2-8,13,25H,9-12H2,1H3;2H2,1H3. The van der Waals surface area contributed by atoms with Crippen molar-refractivity contribution in [2.45, 2.75) is 0 Å². The number of amides is 5. The second-order valence-corrected chi connectivity index (χ2v) is 14.7. The quantitative estimate of drug-likeness (QED) is 0.0985. The van der Waals surface area contributed by atoms with Crippen LogP contribution in [-0.4, -0.2) is 150 Å². The lowest BCUT2D eigenvalue weighted by atomic mass is 10.0. The molecule has 0 saturated carbocycles. The number of piperazine rings is 2. The molecule has 0 unspecified atom stereocenters. The van der Waals surface area contributed by atoms with Gasteiger partial charge in [-0.15, -0.1) is 0 Å². The Labute approximate surface area is 376 Å². The SMILES string of the molecule is CN.CNC(=O)c1ccc(F)c2c(C(=O)C(=O)N3CCN(C(=O)c4ccccc4)CC3)c[nH]c12.COC(=O)c1ccc(F)c2c(C(=O)C(=O)N3CCN(C(=O)c4ccccc4)CC3)c[nH]c12. The normalized spacial score (nSPS) is 13.5. The highest BCUT2D eigenvalue weighted by molar-refractivity contribution is 6.45. The van der Waals surface area contributed by atoms with E-state index in [1.807, 2.05) is 12.1 Å². The van der Waals surface area contributed by atoms with Crippen LogP contribution in [0.3, 0.4) is 0 Å². The van der Waals surface area contributed by atoms with Crippen molar-refractivity contribution in [1.29, 1.82) is 0 Å². The van der Waals surface area contributed by atoms with E-state index in [0.29, 0.717) is 11.1 Å². The van der Waals surface area contributed by atoms with Gasteiger partial charge in [0.25, 0.3) is 41.1 Å². The molecule has 0 atom stereocenters. The first-order chi connectivity index (χ1) is 31.8. The molecule has 66 heavy (non-hydrogen) atoms. The Morgan fingerprint density at radius 3 is 1.27 bits per heavy atom. The van der Waals surface area contributed by atoms with Crippen molar-refractivity contribution in [3.63, 3.8) is 0 Å². The Morgan fingerprint density at radius 1 is 0.530 bits per heavy atom. The molecule has 19 heteroatoms. The van der Waals surface area contributed by atoms with Crippen LogP contribution in [0, 0.1) is 11.6 Å². The van der Waals surface area contributed by atoms with Crippen LogP contribution in [0.2, 0.25) is 0 Å². The zero-order valence-electron chi connectivity index (χ0n) is 36.2. The lowest BCUT2D eigenvalue weighted by Gasteiger charge is -2.34. The first-order valence-electron chi connectivity index (χ1n) is 20.7. The molecule has 4 aromatic carbocycles. The number of carbonyl (C=O) groups excluding carboxylic acids is 8. The molecule has 6 aromatic rings. The highest BCUT2D eigenvalue weighted by Crippen LogP contribution is 2.28. The number of nitrogens with zero attached hydrogens (tertiary/aromatic N) is 4. The number of nitrogens with two attached hydrogens (primary N) is 1. The van der Waals surface area contributed by atoms with Crippen molar-refractivity contribution in [3.05, 3.63) is 142 Å². The third kappa shape index (κ3) is 9.70. The number of esters is 1. The van der Waals surface area contributed by atoms with E-state index in [2.05, 4.69) is 25.8 Å². The zero-order chi connectivity index (χ0) is 47.7. The number of halogens is 2.